The van der Waals surface area contributed by atoms with Gasteiger partial charge in [-0.05, 0) is 11.0 Å². The minimum atomic E-state index is 0. The average molecular weight is 239 g/mol. The van der Waals surface area contributed by atoms with E-state index >= 15 is 0 Å². The van der Waals surface area contributed by atoms with Crippen molar-refractivity contribution in [1.29, 1.82) is 0 Å². The van der Waals surface area contributed by atoms with Crippen molar-refractivity contribution in [3.05, 3.63) is 0 Å². The molecule has 0 N–H and O–H groups in total. The molecule has 0 aliphatic rings. The van der Waals surface area contributed by atoms with Crippen molar-refractivity contribution >= 4 is 86.0 Å². The van der Waals surface area contributed by atoms with Gasteiger partial charge in [-0.2, -0.15) is 0 Å². The van der Waals surface area contributed by atoms with Gasteiger partial charge < -0.3 is 0 Å². The molecule has 0 saturated carbocycles. The predicted octanol–water partition coefficient (Wildman–Crippen LogP) is -3.02. The molecule has 0 aromatic carbocycles. The zero-order valence-corrected chi connectivity index (χ0v) is 2.65. The quantitative estimate of drug-likeness (QED) is 0.394. The van der Waals surface area contributed by atoms with E-state index in [9.17, 15) is 0 Å². The minimum absolute atomic E-state index is 0. The molecule has 0 heterocycles. The molecule has 0 nitrogen and oxygen atoms in total. The topological polar surface area (TPSA) is 0 Å². The van der Waals surface area contributed by atoms with Crippen molar-refractivity contribution in [2.45, 2.75) is 0 Å². The third-order valence-corrected chi connectivity index (χ3v) is 0. The van der Waals surface area contributed by atoms with Gasteiger partial charge in [0.1, 0.15) is 0 Å². The summed E-state index contributed by atoms with van der Waals surface area (Å²) in [5, 5.41) is 0. The molecule has 4 heavy (non-hydrogen) atoms. The second kappa shape index (κ2) is 16.1. The first-order valence-corrected chi connectivity index (χ1v) is 0. The Morgan fingerprint density at radius 2 is 1.00 bits per heavy atom. The van der Waals surface area contributed by atoms with Crippen LogP contribution in [0.1, 0.15) is 0 Å². The van der Waals surface area contributed by atoms with E-state index in [0.717, 1.165) is 0 Å². The van der Waals surface area contributed by atoms with E-state index in [1.165, 1.54) is 0 Å². The van der Waals surface area contributed by atoms with Gasteiger partial charge in [0.25, 0.3) is 0 Å². The van der Waals surface area contributed by atoms with E-state index in [2.05, 4.69) is 0 Å². The first-order chi connectivity index (χ1) is 0. The third kappa shape index (κ3) is 9.06. The fourth-order valence-corrected chi connectivity index (χ4v) is 0. The van der Waals surface area contributed by atoms with Crippen LogP contribution in [0.25, 0.3) is 0 Å². The molecule has 0 atom stereocenters. The summed E-state index contributed by atoms with van der Waals surface area (Å²) in [5.41, 5.74) is 0. The van der Waals surface area contributed by atoms with Gasteiger partial charge in [0.05, 0.1) is 0 Å². The summed E-state index contributed by atoms with van der Waals surface area (Å²) in [5.74, 6) is 0. The van der Waals surface area contributed by atoms with Crippen molar-refractivity contribution in [3.63, 3.8) is 0 Å². The van der Waals surface area contributed by atoms with Crippen LogP contribution < -0.4 is 0 Å². The molecule has 0 aromatic rings. The van der Waals surface area contributed by atoms with Crippen LogP contribution in [0, 0.1) is 0 Å². The molecule has 0 bridgehead atoms. The van der Waals surface area contributed by atoms with Gasteiger partial charge in [-0.25, -0.2) is 0 Å². The van der Waals surface area contributed by atoms with Crippen molar-refractivity contribution in [2.75, 3.05) is 0 Å². The van der Waals surface area contributed by atoms with Crippen LogP contribution >= 0.6 is 0 Å². The molecule has 0 aliphatic heterocycles. The first kappa shape index (κ1) is 26.1. The van der Waals surface area contributed by atoms with Gasteiger partial charge >= 0.3 is 75.0 Å². The summed E-state index contributed by atoms with van der Waals surface area (Å²) < 4.78 is 0. The molecular weight excluding hydrogens is 232 g/mol. The number of hydrogen-bond donors (Lipinski definition) is 0. The summed E-state index contributed by atoms with van der Waals surface area (Å²) in [7, 11) is 0. The molecule has 0 aliphatic carbocycles. The summed E-state index contributed by atoms with van der Waals surface area (Å²) in [6.07, 6.45) is 0. The Balaban J connectivity index is 0. The van der Waals surface area contributed by atoms with E-state index in [0.29, 0.717) is 0 Å². The van der Waals surface area contributed by atoms with Gasteiger partial charge in [0, 0.05) is 22.4 Å². The summed E-state index contributed by atoms with van der Waals surface area (Å²) in [6, 6.07) is 0. The molecule has 19 valence electrons. The zero-order chi connectivity index (χ0) is 0. The van der Waals surface area contributed by atoms with Crippen LogP contribution in [0.5, 0.6) is 0 Å². The predicted molar refractivity (Wildman–Crippen MR) is 27.0 cm³/mol. The molecule has 4 heteroatoms. The monoisotopic (exact) mass is 239 g/mol. The Hall–Kier alpha value is 3.44. The fraction of sp³-hybridized carbons (Fsp3) is 0. The Morgan fingerprint density at radius 1 is 1.00 bits per heavy atom. The van der Waals surface area contributed by atoms with Crippen molar-refractivity contribution < 1.29 is 22.4 Å². The Bertz CT molecular complexity index is 8.00. The molecule has 0 unspecified atom stereocenters. The van der Waals surface area contributed by atoms with Crippen LogP contribution in [-0.2, 0) is 22.4 Å². The molecule has 0 saturated heterocycles. The van der Waals surface area contributed by atoms with Gasteiger partial charge in [-0.1, -0.05) is 0 Å². The Labute approximate surface area is 106 Å². The first-order valence-electron chi connectivity index (χ1n) is 0. The van der Waals surface area contributed by atoms with Crippen LogP contribution in [0.4, 0.5) is 0 Å². The van der Waals surface area contributed by atoms with Crippen molar-refractivity contribution in [1.82, 2.24) is 0 Å². The van der Waals surface area contributed by atoms with E-state index in [1.54, 1.807) is 0 Å². The maximum absolute atomic E-state index is 0. The third-order valence-electron chi connectivity index (χ3n) is 0. The molecule has 0 spiro atoms. The number of hydrogen-bond acceptors (Lipinski definition) is 0. The SMILES string of the molecule is [NaH].[Nb].[SiH4].[SrH2]. The molecule has 0 fully saturated rings. The molecule has 0 aromatic heterocycles. The van der Waals surface area contributed by atoms with Gasteiger partial charge in [-0.15, -0.1) is 0 Å². The van der Waals surface area contributed by atoms with Crippen molar-refractivity contribution in [3.8, 4) is 0 Å². The molecular formula is H7NaNbSiSr. The van der Waals surface area contributed by atoms with Crippen molar-refractivity contribution in [2.24, 2.45) is 0 Å². The van der Waals surface area contributed by atoms with E-state index in [1.807, 2.05) is 0 Å². The van der Waals surface area contributed by atoms with Crippen LogP contribution in [0.3, 0.4) is 0 Å². The Morgan fingerprint density at radius 3 is 1.00 bits per heavy atom. The number of rotatable bonds is 0. The molecule has 0 rings (SSSR count). The van der Waals surface area contributed by atoms with E-state index in [4.69, 9.17) is 0 Å². The van der Waals surface area contributed by atoms with Crippen LogP contribution in [0.15, 0.2) is 0 Å². The second-order valence-corrected chi connectivity index (χ2v) is 0. The zero-order valence-electron chi connectivity index (χ0n) is 0.447. The average Bonchev–Trinajstić information content (AvgIpc) is 0. The van der Waals surface area contributed by atoms with Gasteiger partial charge in [0.2, 0.25) is 0 Å². The standard InChI is InChI=1S/Na.Nb.H4Si.Sr.3H/h;;1H4;;;;. The maximum atomic E-state index is 0. The second-order valence-electron chi connectivity index (χ2n) is 0. The molecule has 1 radical (unpaired) electrons. The van der Waals surface area contributed by atoms with Crippen LogP contribution in [-0.4, -0.2) is 86.0 Å². The van der Waals surface area contributed by atoms with Crippen LogP contribution in [0.2, 0.25) is 0 Å². The normalized spacial score (nSPS) is 0. The fourth-order valence-electron chi connectivity index (χ4n) is 0. The molecule has 0 amide bonds. The van der Waals surface area contributed by atoms with E-state index < -0.39 is 0 Å². The Kier molecular flexibility index (Phi) is 105. The summed E-state index contributed by atoms with van der Waals surface area (Å²) in [4.78, 5) is 0. The summed E-state index contributed by atoms with van der Waals surface area (Å²) in [6.45, 7) is 0. The van der Waals surface area contributed by atoms with E-state index in [-0.39, 0.29) is 108 Å². The summed E-state index contributed by atoms with van der Waals surface area (Å²) >= 11 is 0. The van der Waals surface area contributed by atoms with Gasteiger partial charge in [-0.3, -0.25) is 0 Å². The van der Waals surface area contributed by atoms with Gasteiger partial charge in [0.15, 0.2) is 0 Å².